The molecule has 6 fully saturated rings. The average molecular weight is 1100 g/mol. The third-order valence-electron chi connectivity index (χ3n) is 12.6. The van der Waals surface area contributed by atoms with Gasteiger partial charge in [0.2, 0.25) is 0 Å². The molecule has 0 saturated carbocycles. The number of ether oxygens (including phenoxy) is 12. The molecule has 14 unspecified atom stereocenters. The first-order valence-electron chi connectivity index (χ1n) is 22.8. The highest BCUT2D eigenvalue weighted by molar-refractivity contribution is 4.96. The summed E-state index contributed by atoms with van der Waals surface area (Å²) in [6, 6.07) is 0. The predicted octanol–water partition coefficient (Wildman–Crippen LogP) is -14.6. The smallest absolute Gasteiger partial charge is 0.187 e. The molecule has 440 valence electrons. The summed E-state index contributed by atoms with van der Waals surface area (Å²) in [7, 11) is 5.10. The zero-order valence-electron chi connectivity index (χ0n) is 40.3. The summed E-state index contributed by atoms with van der Waals surface area (Å²) < 4.78 is 61.1. The molecule has 0 aromatic heterocycles. The van der Waals surface area contributed by atoms with Crippen molar-refractivity contribution in [1.29, 1.82) is 0 Å². The Bertz CT molecular complexity index is 1380. The highest BCUT2D eigenvalue weighted by Gasteiger charge is 2.53. The lowest BCUT2D eigenvalue weighted by Crippen LogP contribution is -2.65. The lowest BCUT2D eigenvalue weighted by Gasteiger charge is -2.46. The normalized spacial score (nSPS) is 48.7. The fourth-order valence-corrected chi connectivity index (χ4v) is 8.20. The summed E-state index contributed by atoms with van der Waals surface area (Å²) in [5.74, 6) is 0. The van der Waals surface area contributed by atoms with Crippen LogP contribution in [0.15, 0.2) is 0 Å². The first-order valence-corrected chi connectivity index (χ1v) is 22.8. The molecule has 0 aromatic rings. The number of methoxy groups -OCH3 is 4. The van der Waals surface area contributed by atoms with Crippen molar-refractivity contribution in [3.05, 3.63) is 0 Å². The van der Waals surface area contributed by atoms with E-state index in [-0.39, 0.29) is 0 Å². The first-order chi connectivity index (χ1) is 34.9. The highest BCUT2D eigenvalue weighted by atomic mass is 16.8. The second-order valence-electron chi connectivity index (χ2n) is 17.3. The van der Waals surface area contributed by atoms with Crippen LogP contribution >= 0.6 is 0 Å². The molecular weight excluding hydrogens is 1020 g/mol. The van der Waals surface area contributed by atoms with E-state index >= 15 is 0 Å². The summed E-state index contributed by atoms with van der Waals surface area (Å²) in [6.07, 6.45) is -40.0. The van der Waals surface area contributed by atoms with Crippen molar-refractivity contribution in [2.45, 2.75) is 184 Å². The molecule has 22 N–H and O–H groups in total. The minimum Gasteiger partial charge on any atom is -0.394 e. The lowest BCUT2D eigenvalue weighted by atomic mass is 9.97. The van der Waals surface area contributed by atoms with Gasteiger partial charge in [0, 0.05) is 28.4 Å². The summed E-state index contributed by atoms with van der Waals surface area (Å²) in [5, 5.41) is 208. The van der Waals surface area contributed by atoms with Crippen LogP contribution < -0.4 is 0 Å². The predicted molar refractivity (Wildman–Crippen MR) is 228 cm³/mol. The van der Waals surface area contributed by atoms with Gasteiger partial charge in [0.1, 0.15) is 146 Å². The van der Waals surface area contributed by atoms with Gasteiger partial charge in [-0.1, -0.05) is 0 Å². The lowest BCUT2D eigenvalue weighted by molar-refractivity contribution is -0.359. The second-order valence-corrected chi connectivity index (χ2v) is 17.3. The maximum absolute atomic E-state index is 10.2. The van der Waals surface area contributed by atoms with Crippen molar-refractivity contribution < 1.29 is 169 Å². The quantitative estimate of drug-likeness (QED) is 0.0768. The first kappa shape index (κ1) is 66.9. The summed E-state index contributed by atoms with van der Waals surface area (Å²) >= 11 is 0. The average Bonchev–Trinajstić information content (AvgIpc) is 3.40. The zero-order chi connectivity index (χ0) is 56.0. The van der Waals surface area contributed by atoms with Crippen molar-refractivity contribution in [1.82, 2.24) is 0 Å². The van der Waals surface area contributed by atoms with E-state index in [1.165, 1.54) is 28.4 Å². The molecule has 6 rings (SSSR count). The van der Waals surface area contributed by atoms with Crippen molar-refractivity contribution in [2.75, 3.05) is 68.1 Å². The van der Waals surface area contributed by atoms with Gasteiger partial charge in [0.15, 0.2) is 37.7 Å². The molecule has 0 aromatic carbocycles. The Balaban J connectivity index is 0.000000275. The molecule has 30 atom stereocenters. The summed E-state index contributed by atoms with van der Waals surface area (Å²) in [6.45, 7) is -3.20. The molecule has 34 nitrogen and oxygen atoms in total. The second kappa shape index (κ2) is 31.4. The molecule has 0 aliphatic carbocycles. The van der Waals surface area contributed by atoms with Crippen molar-refractivity contribution in [3.63, 3.8) is 0 Å². The summed E-state index contributed by atoms with van der Waals surface area (Å²) in [4.78, 5) is 0. The van der Waals surface area contributed by atoms with Gasteiger partial charge in [-0.05, 0) is 0 Å². The van der Waals surface area contributed by atoms with Gasteiger partial charge in [-0.3, -0.25) is 0 Å². The zero-order valence-corrected chi connectivity index (χ0v) is 40.3. The molecule has 0 amide bonds. The number of rotatable bonds is 14. The molecule has 6 aliphatic heterocycles. The van der Waals surface area contributed by atoms with E-state index in [1.807, 2.05) is 0 Å². The summed E-state index contributed by atoms with van der Waals surface area (Å²) in [5.41, 5.74) is 0. The SMILES string of the molecule is CO[C@@H]1O[C@@H](CO)[C@@H](O)C(O[C@@H]2OC(CO)[C@@H](OC)[C@H](O)C2O)C1O.CO[C@@H]1O[C@@H](CO)[C@@H](O)C(O[C@H]2OC(CO)[C@@H](OC)[C@H](O)C2O)C1O.OCC1OC(O)C(O)[C@@H](O)[C@@H]1O.OCC1OC(O)C(O)[C@@H](O)[C@@H]1O. The van der Waals surface area contributed by atoms with E-state index in [1.54, 1.807) is 0 Å². The molecular formula is C40H76O34. The Hall–Kier alpha value is -1.36. The molecule has 0 spiro atoms. The Morgan fingerprint density at radius 2 is 0.514 bits per heavy atom. The third kappa shape index (κ3) is 15.9. The van der Waals surface area contributed by atoms with E-state index in [4.69, 9.17) is 98.4 Å². The van der Waals surface area contributed by atoms with E-state index in [0.29, 0.717) is 0 Å². The highest BCUT2D eigenvalue weighted by Crippen LogP contribution is 2.32. The standard InChI is InChI=1S/2C14H26O11.2C6H12O6/c2*1-21-11-6(4-16)24-14(9(19)8(11)18)25-12-7(17)5(3-15)23-13(22-2)10(12)20;2*7-1-2-3(8)4(9)5(10)6(11)12-2/h2*5-20H,3-4H2,1-2H3;2*2-11H,1H2/t5-,6?,7+,8+,9?,10?,11+,12?,13+,14+;5-,6?,7+,8+,9?,10?,11+,12?,13+,14-;2*2?,3-,4+,5?,6?/m0011/s1. The van der Waals surface area contributed by atoms with Crippen LogP contribution in [0.4, 0.5) is 0 Å². The van der Waals surface area contributed by atoms with Gasteiger partial charge in [-0.2, -0.15) is 0 Å². The molecule has 74 heavy (non-hydrogen) atoms. The fraction of sp³-hybridized carbons (Fsp3) is 1.00. The number of aliphatic hydroxyl groups excluding tert-OH is 22. The number of hydrogen-bond donors (Lipinski definition) is 22. The van der Waals surface area contributed by atoms with Crippen molar-refractivity contribution in [2.24, 2.45) is 0 Å². The van der Waals surface area contributed by atoms with Crippen LogP contribution in [0.1, 0.15) is 0 Å². The molecule has 6 heterocycles. The van der Waals surface area contributed by atoms with Gasteiger partial charge >= 0.3 is 0 Å². The van der Waals surface area contributed by atoms with E-state index in [9.17, 15) is 61.3 Å². The molecule has 0 radical (unpaired) electrons. The monoisotopic (exact) mass is 1100 g/mol. The van der Waals surface area contributed by atoms with E-state index in [2.05, 4.69) is 9.47 Å². The van der Waals surface area contributed by atoms with Gasteiger partial charge in [0.25, 0.3) is 0 Å². The fourth-order valence-electron chi connectivity index (χ4n) is 8.20. The molecule has 34 heteroatoms. The van der Waals surface area contributed by atoms with Crippen LogP contribution in [-0.4, -0.2) is 365 Å². The van der Waals surface area contributed by atoms with Gasteiger partial charge in [-0.25, -0.2) is 0 Å². The van der Waals surface area contributed by atoms with Gasteiger partial charge in [-0.15, -0.1) is 0 Å². The topological polar surface area (TPSA) is 556 Å². The van der Waals surface area contributed by atoms with Crippen LogP contribution in [0, 0.1) is 0 Å². The minimum atomic E-state index is -1.57. The molecule has 6 aliphatic rings. The van der Waals surface area contributed by atoms with Gasteiger partial charge < -0.3 is 169 Å². The maximum atomic E-state index is 10.2. The largest absolute Gasteiger partial charge is 0.394 e. The number of aliphatic hydroxyl groups is 22. The number of hydrogen-bond acceptors (Lipinski definition) is 34. The van der Waals surface area contributed by atoms with Crippen molar-refractivity contribution in [3.8, 4) is 0 Å². The minimum absolute atomic E-state index is 0.513. The van der Waals surface area contributed by atoms with Crippen LogP contribution in [0.3, 0.4) is 0 Å². The van der Waals surface area contributed by atoms with Gasteiger partial charge in [0.05, 0.1) is 39.6 Å². The van der Waals surface area contributed by atoms with Crippen LogP contribution in [0.25, 0.3) is 0 Å². The molecule has 6 saturated heterocycles. The molecule has 0 bridgehead atoms. The third-order valence-corrected chi connectivity index (χ3v) is 12.6. The van der Waals surface area contributed by atoms with Crippen LogP contribution in [0.2, 0.25) is 0 Å². The van der Waals surface area contributed by atoms with Crippen molar-refractivity contribution >= 4 is 0 Å². The maximum Gasteiger partial charge on any atom is 0.187 e. The van der Waals surface area contributed by atoms with Crippen LogP contribution in [0.5, 0.6) is 0 Å². The van der Waals surface area contributed by atoms with E-state index < -0.39 is 224 Å². The Labute approximate surface area is 421 Å². The Morgan fingerprint density at radius 3 is 0.770 bits per heavy atom. The van der Waals surface area contributed by atoms with Crippen LogP contribution in [-0.2, 0) is 56.8 Å². The Kier molecular flexibility index (Phi) is 28.4. The Morgan fingerprint density at radius 1 is 0.243 bits per heavy atom. The van der Waals surface area contributed by atoms with E-state index in [0.717, 1.165) is 0 Å².